The first-order valence-electron chi connectivity index (χ1n) is 4.15. The van der Waals surface area contributed by atoms with Gasteiger partial charge in [0.25, 0.3) is 0 Å². The maximum atomic E-state index is 11.1. The molecule has 0 bridgehead atoms. The van der Waals surface area contributed by atoms with Crippen LogP contribution >= 0.6 is 11.6 Å². The minimum absolute atomic E-state index is 0.409. The molecule has 0 radical (unpaired) electrons. The average Bonchev–Trinajstić information content (AvgIpc) is 2.03. The molecule has 0 aliphatic carbocycles. The van der Waals surface area contributed by atoms with Crippen LogP contribution in [-0.2, 0) is 11.2 Å². The van der Waals surface area contributed by atoms with E-state index in [1.807, 2.05) is 12.1 Å². The van der Waals surface area contributed by atoms with Gasteiger partial charge in [-0.2, -0.15) is 0 Å². The Morgan fingerprint density at radius 1 is 1.38 bits per heavy atom. The molecule has 1 rings (SSSR count). The van der Waals surface area contributed by atoms with Crippen molar-refractivity contribution >= 4 is 22.8 Å². The largest absolute Gasteiger partial charge is 0.612 e. The van der Waals surface area contributed by atoms with Crippen LogP contribution in [0.4, 0.5) is 0 Å². The fraction of sp³-hybridized carbons (Fsp3) is 0.400. The maximum absolute atomic E-state index is 11.1. The van der Waals surface area contributed by atoms with E-state index in [0.717, 1.165) is 10.5 Å². The van der Waals surface area contributed by atoms with Gasteiger partial charge in [-0.15, -0.1) is 0 Å². The number of halogens is 1. The molecule has 1 atom stereocenters. The van der Waals surface area contributed by atoms with Crippen molar-refractivity contribution in [1.82, 2.24) is 0 Å². The van der Waals surface area contributed by atoms with Gasteiger partial charge >= 0.3 is 0 Å². The summed E-state index contributed by atoms with van der Waals surface area (Å²) in [4.78, 5) is 0.786. The number of rotatable bonds is 2. The third-order valence-electron chi connectivity index (χ3n) is 1.93. The summed E-state index contributed by atoms with van der Waals surface area (Å²) in [5.74, 6) is 0.409. The Balaban J connectivity index is 3.06. The molecule has 1 nitrogen and oxygen atoms in total. The van der Waals surface area contributed by atoms with Crippen LogP contribution in [0.15, 0.2) is 23.1 Å². The number of hydrogen-bond acceptors (Lipinski definition) is 1. The summed E-state index contributed by atoms with van der Waals surface area (Å²) in [6, 6.07) is 5.61. The summed E-state index contributed by atoms with van der Waals surface area (Å²) in [5.41, 5.74) is 1.11. The van der Waals surface area contributed by atoms with E-state index in [-0.39, 0.29) is 0 Å². The Labute approximate surface area is 87.3 Å². The van der Waals surface area contributed by atoms with Crippen LogP contribution in [0.3, 0.4) is 0 Å². The molecule has 1 aromatic carbocycles. The molecule has 0 heterocycles. The molecule has 0 fully saturated rings. The van der Waals surface area contributed by atoms with E-state index < -0.39 is 11.2 Å². The van der Waals surface area contributed by atoms with Crippen molar-refractivity contribution in [2.75, 3.05) is 6.26 Å². The average molecular weight is 217 g/mol. The van der Waals surface area contributed by atoms with E-state index in [9.17, 15) is 4.55 Å². The molecule has 0 aromatic heterocycles. The molecule has 0 saturated heterocycles. The molecule has 3 heteroatoms. The van der Waals surface area contributed by atoms with Crippen molar-refractivity contribution in [3.05, 3.63) is 28.8 Å². The number of benzene rings is 1. The van der Waals surface area contributed by atoms with Gasteiger partial charge in [0.1, 0.15) is 6.26 Å². The predicted molar refractivity (Wildman–Crippen MR) is 57.9 cm³/mol. The van der Waals surface area contributed by atoms with Crippen LogP contribution in [0.5, 0.6) is 0 Å². The van der Waals surface area contributed by atoms with Crippen molar-refractivity contribution in [3.8, 4) is 0 Å². The highest BCUT2D eigenvalue weighted by Crippen LogP contribution is 2.26. The van der Waals surface area contributed by atoms with E-state index >= 15 is 0 Å². The van der Waals surface area contributed by atoms with Gasteiger partial charge in [-0.25, -0.2) is 0 Å². The van der Waals surface area contributed by atoms with Crippen molar-refractivity contribution in [2.45, 2.75) is 24.7 Å². The minimum atomic E-state index is -0.945. The minimum Gasteiger partial charge on any atom is -0.612 e. The first kappa shape index (κ1) is 10.9. The van der Waals surface area contributed by atoms with Crippen molar-refractivity contribution < 1.29 is 4.55 Å². The monoisotopic (exact) mass is 216 g/mol. The fourth-order valence-corrected chi connectivity index (χ4v) is 2.16. The van der Waals surface area contributed by atoms with E-state index in [1.165, 1.54) is 0 Å². The fourth-order valence-electron chi connectivity index (χ4n) is 1.15. The van der Waals surface area contributed by atoms with E-state index in [0.29, 0.717) is 10.9 Å². The lowest BCUT2D eigenvalue weighted by Crippen LogP contribution is -1.98. The molecule has 0 N–H and O–H groups in total. The molecule has 1 unspecified atom stereocenters. The normalized spacial score (nSPS) is 13.4. The number of hydrogen-bond donors (Lipinski definition) is 0. The molecule has 0 saturated carbocycles. The third-order valence-corrected chi connectivity index (χ3v) is 3.17. The molecular formula is C10H13ClOS. The van der Waals surface area contributed by atoms with Gasteiger partial charge in [0.15, 0.2) is 4.90 Å². The smallest absolute Gasteiger partial charge is 0.153 e. The molecule has 0 amide bonds. The van der Waals surface area contributed by atoms with Crippen LogP contribution in [0.25, 0.3) is 0 Å². The molecule has 0 aliphatic heterocycles. The van der Waals surface area contributed by atoms with Crippen molar-refractivity contribution in [1.29, 1.82) is 0 Å². The SMILES string of the molecule is CC(C)c1ccc([S+](C)[O-])cc1Cl. The summed E-state index contributed by atoms with van der Waals surface area (Å²) >= 11 is 5.09. The Kier molecular flexibility index (Phi) is 3.65. The Morgan fingerprint density at radius 3 is 2.38 bits per heavy atom. The second-order valence-electron chi connectivity index (χ2n) is 3.29. The van der Waals surface area contributed by atoms with Crippen molar-refractivity contribution in [2.24, 2.45) is 0 Å². The van der Waals surface area contributed by atoms with Gasteiger partial charge in [-0.3, -0.25) is 0 Å². The maximum Gasteiger partial charge on any atom is 0.153 e. The third kappa shape index (κ3) is 2.63. The van der Waals surface area contributed by atoms with Crippen LogP contribution in [-0.4, -0.2) is 10.8 Å². The lowest BCUT2D eigenvalue weighted by atomic mass is 10.0. The second kappa shape index (κ2) is 4.36. The lowest BCUT2D eigenvalue weighted by Gasteiger charge is -2.10. The quantitative estimate of drug-likeness (QED) is 0.697. The molecule has 0 spiro atoms. The molecule has 1 aromatic rings. The molecular weight excluding hydrogens is 204 g/mol. The van der Waals surface area contributed by atoms with E-state index in [1.54, 1.807) is 12.3 Å². The molecule has 0 aliphatic rings. The van der Waals surface area contributed by atoms with E-state index in [2.05, 4.69) is 13.8 Å². The summed E-state index contributed by atoms with van der Waals surface area (Å²) in [5, 5.41) is 0.711. The van der Waals surface area contributed by atoms with Crippen LogP contribution < -0.4 is 0 Å². The summed E-state index contributed by atoms with van der Waals surface area (Å²) in [6.45, 7) is 4.17. The summed E-state index contributed by atoms with van der Waals surface area (Å²) in [7, 11) is 0. The van der Waals surface area contributed by atoms with Gasteiger partial charge in [0.2, 0.25) is 0 Å². The Morgan fingerprint density at radius 2 is 2.00 bits per heavy atom. The van der Waals surface area contributed by atoms with Gasteiger partial charge in [-0.1, -0.05) is 31.5 Å². The van der Waals surface area contributed by atoms with Gasteiger partial charge < -0.3 is 4.55 Å². The zero-order valence-corrected chi connectivity index (χ0v) is 9.58. The zero-order chi connectivity index (χ0) is 10.0. The van der Waals surface area contributed by atoms with Gasteiger partial charge in [0.05, 0.1) is 0 Å². The highest BCUT2D eigenvalue weighted by molar-refractivity contribution is 7.90. The van der Waals surface area contributed by atoms with Crippen LogP contribution in [0.2, 0.25) is 5.02 Å². The highest BCUT2D eigenvalue weighted by atomic mass is 35.5. The standard InChI is InChI=1S/C10H13ClOS/c1-7(2)9-5-4-8(13(3)12)6-10(9)11/h4-7H,1-3H3. The second-order valence-corrected chi connectivity index (χ2v) is 5.08. The highest BCUT2D eigenvalue weighted by Gasteiger charge is 2.09. The topological polar surface area (TPSA) is 23.1 Å². The lowest BCUT2D eigenvalue weighted by molar-refractivity contribution is 0.600. The first-order valence-corrected chi connectivity index (χ1v) is 6.09. The van der Waals surface area contributed by atoms with Gasteiger partial charge in [0, 0.05) is 11.1 Å². The summed E-state index contributed by atoms with van der Waals surface area (Å²) < 4.78 is 11.1. The van der Waals surface area contributed by atoms with Gasteiger partial charge in [-0.05, 0) is 28.7 Å². The first-order chi connectivity index (χ1) is 6.02. The van der Waals surface area contributed by atoms with E-state index in [4.69, 9.17) is 11.6 Å². The Hall–Kier alpha value is -0.180. The Bertz CT molecular complexity index is 297. The predicted octanol–water partition coefficient (Wildman–Crippen LogP) is 3.20. The van der Waals surface area contributed by atoms with Crippen molar-refractivity contribution in [3.63, 3.8) is 0 Å². The summed E-state index contributed by atoms with van der Waals surface area (Å²) in [6.07, 6.45) is 1.65. The zero-order valence-electron chi connectivity index (χ0n) is 8.00. The molecule has 72 valence electrons. The van der Waals surface area contributed by atoms with Crippen LogP contribution in [0.1, 0.15) is 25.3 Å². The van der Waals surface area contributed by atoms with Crippen LogP contribution in [0, 0.1) is 0 Å². The molecule has 13 heavy (non-hydrogen) atoms.